The molecule has 0 radical (unpaired) electrons. The fraction of sp³-hybridized carbons (Fsp3) is 0.412. The molecule has 0 aliphatic rings. The Morgan fingerprint density at radius 2 is 2.00 bits per heavy atom. The van der Waals surface area contributed by atoms with E-state index in [1.807, 2.05) is 39.0 Å². The minimum Gasteiger partial charge on any atom is -0.491 e. The SMILES string of the molecule is Cc1nccc(CNC(C)c2cccc(OC(C)C)c2)n1. The number of benzene rings is 1. The lowest BCUT2D eigenvalue weighted by atomic mass is 10.1. The van der Waals surface area contributed by atoms with Gasteiger partial charge in [0.25, 0.3) is 0 Å². The zero-order valence-corrected chi connectivity index (χ0v) is 13.1. The molecule has 1 unspecified atom stereocenters. The average molecular weight is 285 g/mol. The number of rotatable bonds is 6. The smallest absolute Gasteiger partial charge is 0.125 e. The fourth-order valence-electron chi connectivity index (χ4n) is 2.11. The molecular weight excluding hydrogens is 262 g/mol. The van der Waals surface area contributed by atoms with Gasteiger partial charge in [-0.15, -0.1) is 0 Å². The van der Waals surface area contributed by atoms with E-state index < -0.39 is 0 Å². The summed E-state index contributed by atoms with van der Waals surface area (Å²) in [6.45, 7) is 8.83. The summed E-state index contributed by atoms with van der Waals surface area (Å²) >= 11 is 0. The Kier molecular flexibility index (Phi) is 5.28. The van der Waals surface area contributed by atoms with Crippen LogP contribution in [0.3, 0.4) is 0 Å². The largest absolute Gasteiger partial charge is 0.491 e. The highest BCUT2D eigenvalue weighted by molar-refractivity contribution is 5.30. The van der Waals surface area contributed by atoms with E-state index in [2.05, 4.69) is 34.3 Å². The van der Waals surface area contributed by atoms with Crippen LogP contribution >= 0.6 is 0 Å². The van der Waals surface area contributed by atoms with Crippen LogP contribution in [0.5, 0.6) is 5.75 Å². The molecule has 0 aliphatic heterocycles. The Morgan fingerprint density at radius 3 is 2.71 bits per heavy atom. The molecule has 0 saturated heterocycles. The maximum absolute atomic E-state index is 5.74. The van der Waals surface area contributed by atoms with Gasteiger partial charge in [-0.1, -0.05) is 12.1 Å². The number of nitrogens with one attached hydrogen (secondary N) is 1. The van der Waals surface area contributed by atoms with Crippen molar-refractivity contribution in [2.75, 3.05) is 0 Å². The highest BCUT2D eigenvalue weighted by Gasteiger charge is 2.07. The van der Waals surface area contributed by atoms with Gasteiger partial charge in [-0.25, -0.2) is 9.97 Å². The van der Waals surface area contributed by atoms with Crippen LogP contribution < -0.4 is 10.1 Å². The zero-order valence-electron chi connectivity index (χ0n) is 13.1. The lowest BCUT2D eigenvalue weighted by Crippen LogP contribution is -2.19. The summed E-state index contributed by atoms with van der Waals surface area (Å²) in [4.78, 5) is 8.51. The first-order chi connectivity index (χ1) is 10.0. The first-order valence-electron chi connectivity index (χ1n) is 7.33. The molecule has 1 atom stereocenters. The molecule has 112 valence electrons. The molecule has 2 rings (SSSR count). The van der Waals surface area contributed by atoms with Gasteiger partial charge in [0, 0.05) is 18.8 Å². The summed E-state index contributed by atoms with van der Waals surface area (Å²) in [7, 11) is 0. The van der Waals surface area contributed by atoms with Gasteiger partial charge in [-0.05, 0) is 51.5 Å². The molecule has 0 saturated carbocycles. The van der Waals surface area contributed by atoms with Crippen molar-refractivity contribution in [1.82, 2.24) is 15.3 Å². The second-order valence-electron chi connectivity index (χ2n) is 5.44. The molecule has 1 heterocycles. The molecule has 0 aliphatic carbocycles. The van der Waals surface area contributed by atoms with E-state index in [-0.39, 0.29) is 12.1 Å². The molecule has 0 bridgehead atoms. The van der Waals surface area contributed by atoms with Crippen molar-refractivity contribution in [1.29, 1.82) is 0 Å². The number of hydrogen-bond acceptors (Lipinski definition) is 4. The molecule has 4 heteroatoms. The Balaban J connectivity index is 1.98. The molecule has 1 N–H and O–H groups in total. The molecule has 21 heavy (non-hydrogen) atoms. The van der Waals surface area contributed by atoms with E-state index in [0.29, 0.717) is 0 Å². The molecule has 0 amide bonds. The Morgan fingerprint density at radius 1 is 1.19 bits per heavy atom. The minimum absolute atomic E-state index is 0.188. The van der Waals surface area contributed by atoms with Crippen LogP contribution in [0, 0.1) is 6.92 Å². The van der Waals surface area contributed by atoms with Gasteiger partial charge in [0.05, 0.1) is 11.8 Å². The van der Waals surface area contributed by atoms with Gasteiger partial charge >= 0.3 is 0 Å². The normalized spacial score (nSPS) is 12.4. The molecule has 4 nitrogen and oxygen atoms in total. The van der Waals surface area contributed by atoms with Crippen LogP contribution in [0.25, 0.3) is 0 Å². The lowest BCUT2D eigenvalue weighted by Gasteiger charge is -2.16. The van der Waals surface area contributed by atoms with Crippen LogP contribution in [0.4, 0.5) is 0 Å². The number of ether oxygens (including phenoxy) is 1. The quantitative estimate of drug-likeness (QED) is 0.883. The van der Waals surface area contributed by atoms with Crippen molar-refractivity contribution < 1.29 is 4.74 Å². The first-order valence-corrected chi connectivity index (χ1v) is 7.33. The molecular formula is C17H23N3O. The van der Waals surface area contributed by atoms with Gasteiger partial charge in [0.2, 0.25) is 0 Å². The van der Waals surface area contributed by atoms with Crippen LogP contribution in [0.15, 0.2) is 36.5 Å². The summed E-state index contributed by atoms with van der Waals surface area (Å²) < 4.78 is 5.74. The van der Waals surface area contributed by atoms with Gasteiger partial charge in [-0.3, -0.25) is 0 Å². The Bertz CT molecular complexity index is 584. The average Bonchev–Trinajstić information content (AvgIpc) is 2.44. The lowest BCUT2D eigenvalue weighted by molar-refractivity contribution is 0.242. The zero-order chi connectivity index (χ0) is 15.2. The summed E-state index contributed by atoms with van der Waals surface area (Å²) in [5.41, 5.74) is 2.21. The molecule has 0 fully saturated rings. The van der Waals surface area contributed by atoms with E-state index in [9.17, 15) is 0 Å². The predicted molar refractivity (Wildman–Crippen MR) is 84.2 cm³/mol. The number of aromatic nitrogens is 2. The predicted octanol–water partition coefficient (Wildman–Crippen LogP) is 3.42. The third-order valence-corrected chi connectivity index (χ3v) is 3.15. The van der Waals surface area contributed by atoms with Crippen LogP contribution in [0.2, 0.25) is 0 Å². The fourth-order valence-corrected chi connectivity index (χ4v) is 2.11. The Hall–Kier alpha value is -1.94. The third-order valence-electron chi connectivity index (χ3n) is 3.15. The maximum atomic E-state index is 5.74. The third kappa shape index (κ3) is 4.83. The first kappa shape index (κ1) is 15.4. The maximum Gasteiger partial charge on any atom is 0.125 e. The monoisotopic (exact) mass is 285 g/mol. The van der Waals surface area contributed by atoms with E-state index in [4.69, 9.17) is 4.74 Å². The topological polar surface area (TPSA) is 47.0 Å². The molecule has 1 aromatic heterocycles. The van der Waals surface area contributed by atoms with E-state index in [0.717, 1.165) is 23.8 Å². The van der Waals surface area contributed by atoms with Crippen LogP contribution in [-0.2, 0) is 6.54 Å². The highest BCUT2D eigenvalue weighted by atomic mass is 16.5. The number of nitrogens with zero attached hydrogens (tertiary/aromatic N) is 2. The van der Waals surface area contributed by atoms with Crippen molar-refractivity contribution in [3.63, 3.8) is 0 Å². The van der Waals surface area contributed by atoms with Gasteiger partial charge in [-0.2, -0.15) is 0 Å². The second-order valence-corrected chi connectivity index (χ2v) is 5.44. The van der Waals surface area contributed by atoms with Gasteiger partial charge < -0.3 is 10.1 Å². The van der Waals surface area contributed by atoms with E-state index in [1.54, 1.807) is 6.20 Å². The number of hydrogen-bond donors (Lipinski definition) is 1. The molecule has 0 spiro atoms. The summed E-state index contributed by atoms with van der Waals surface area (Å²) in [6.07, 6.45) is 1.98. The molecule has 2 aromatic rings. The second kappa shape index (κ2) is 7.18. The van der Waals surface area contributed by atoms with Gasteiger partial charge in [0.1, 0.15) is 11.6 Å². The van der Waals surface area contributed by atoms with Crippen molar-refractivity contribution in [2.45, 2.75) is 46.4 Å². The van der Waals surface area contributed by atoms with Crippen LogP contribution in [0.1, 0.15) is 43.9 Å². The summed E-state index contributed by atoms with van der Waals surface area (Å²) in [5.74, 6) is 1.71. The summed E-state index contributed by atoms with van der Waals surface area (Å²) in [5, 5.41) is 3.48. The minimum atomic E-state index is 0.188. The summed E-state index contributed by atoms with van der Waals surface area (Å²) in [6, 6.07) is 10.4. The van der Waals surface area contributed by atoms with Crippen molar-refractivity contribution in [3.05, 3.63) is 53.6 Å². The number of aryl methyl sites for hydroxylation is 1. The standard InChI is InChI=1S/C17H23N3O/c1-12(2)21-17-7-5-6-15(10-17)13(3)19-11-16-8-9-18-14(4)20-16/h5-10,12-13,19H,11H2,1-4H3. The Labute approximate surface area is 126 Å². The van der Waals surface area contributed by atoms with Gasteiger partial charge in [0.15, 0.2) is 0 Å². The van der Waals surface area contributed by atoms with E-state index >= 15 is 0 Å². The van der Waals surface area contributed by atoms with Crippen molar-refractivity contribution in [3.8, 4) is 5.75 Å². The van der Waals surface area contributed by atoms with Crippen molar-refractivity contribution in [2.24, 2.45) is 0 Å². The van der Waals surface area contributed by atoms with E-state index in [1.165, 1.54) is 5.56 Å². The van der Waals surface area contributed by atoms with Crippen LogP contribution in [-0.4, -0.2) is 16.1 Å². The van der Waals surface area contributed by atoms with Crippen molar-refractivity contribution >= 4 is 0 Å². The molecule has 1 aromatic carbocycles. The highest BCUT2D eigenvalue weighted by Crippen LogP contribution is 2.20.